The zero-order valence-corrected chi connectivity index (χ0v) is 55.8. The van der Waals surface area contributed by atoms with E-state index in [1.54, 1.807) is 0 Å². The van der Waals surface area contributed by atoms with Crippen molar-refractivity contribution in [2.75, 3.05) is 50.4 Å². The number of methoxy groups -OCH3 is 2. The van der Waals surface area contributed by atoms with E-state index < -0.39 is 30.3 Å². The fraction of sp³-hybridized carbons (Fsp3) is 0.474. The fourth-order valence-electron chi connectivity index (χ4n) is 13.9. The Bertz CT molecular complexity index is 3980. The molecule has 6 aliphatic carbocycles. The standard InChI is InChI=1S/C27H31NO5.C26H29NO5.C25H29NO4/c1-15-22(28-16(2)29)14-21(17-6-7-17)25(19-8-11-23-18(13-19)5-4-12-32-23)24(15)26(27(30)31-3)33-20-9-10-20;1-14-21(27-15(2)28)13-20(16-5-6-16)24(23(14)25(26(29)30)32-19-8-9-19)18-7-10-22-17(12-18)4-3-11-31-22;1-14-20(26)13-19(15-5-6-15)23(17-7-10-21-16(12-17)4-3-11-29-21)22(14)24(25(27)28-2)30-18-8-9-18/h8,11,13-14,17,20,26H,4-7,9-10,12H2,1-3H3,(H,28,29);7,10,12-13,16,19,25H,3-6,8-9,11H2,1-2H3,(H,27,28)(H,29,30);7,10,12-13,15,18,24H,3-6,8-9,11,26H2,1-2H3. The molecule has 17 nitrogen and oxygen atoms in total. The molecule has 0 spiro atoms. The molecule has 0 bridgehead atoms. The number of nitrogens with two attached hydrogens (primary N) is 1. The van der Waals surface area contributed by atoms with Crippen molar-refractivity contribution in [1.82, 2.24) is 0 Å². The van der Waals surface area contributed by atoms with Gasteiger partial charge in [-0.2, -0.15) is 0 Å². The molecule has 500 valence electrons. The summed E-state index contributed by atoms with van der Waals surface area (Å²) < 4.78 is 46.3. The third kappa shape index (κ3) is 14.8. The van der Waals surface area contributed by atoms with Crippen LogP contribution in [0.15, 0.2) is 72.8 Å². The molecule has 2 amide bonds. The Morgan fingerprint density at radius 1 is 0.463 bits per heavy atom. The van der Waals surface area contributed by atoms with E-state index in [0.29, 0.717) is 34.7 Å². The second-order valence-electron chi connectivity index (χ2n) is 27.4. The van der Waals surface area contributed by atoms with Gasteiger partial charge in [-0.3, -0.25) is 9.59 Å². The van der Waals surface area contributed by atoms with Crippen LogP contribution >= 0.6 is 0 Å². The second-order valence-corrected chi connectivity index (χ2v) is 27.4. The van der Waals surface area contributed by atoms with Crippen molar-refractivity contribution in [3.8, 4) is 50.6 Å². The van der Waals surface area contributed by atoms with Crippen LogP contribution in [0.5, 0.6) is 17.2 Å². The number of esters is 2. The van der Waals surface area contributed by atoms with E-state index in [9.17, 15) is 29.1 Å². The minimum Gasteiger partial charge on any atom is -0.493 e. The van der Waals surface area contributed by atoms with E-state index in [2.05, 4.69) is 59.2 Å². The predicted octanol–water partition coefficient (Wildman–Crippen LogP) is 15.2. The van der Waals surface area contributed by atoms with E-state index in [1.807, 2.05) is 45.0 Å². The molecule has 0 radical (unpaired) electrons. The molecule has 9 aliphatic rings. The monoisotopic (exact) mass is 1290 g/mol. The van der Waals surface area contributed by atoms with E-state index in [-0.39, 0.29) is 36.1 Å². The fourth-order valence-corrected chi connectivity index (χ4v) is 13.9. The zero-order chi connectivity index (χ0) is 66.3. The number of benzene rings is 6. The van der Waals surface area contributed by atoms with E-state index in [0.717, 1.165) is 236 Å². The smallest absolute Gasteiger partial charge is 0.339 e. The molecule has 3 unspecified atom stereocenters. The Morgan fingerprint density at radius 2 is 0.789 bits per heavy atom. The van der Waals surface area contributed by atoms with Gasteiger partial charge in [0.1, 0.15) is 17.2 Å². The molecule has 6 saturated carbocycles. The minimum absolute atomic E-state index is 0.0194. The number of rotatable bonds is 20. The van der Waals surface area contributed by atoms with Crippen molar-refractivity contribution in [2.45, 2.75) is 205 Å². The van der Waals surface area contributed by atoms with Crippen LogP contribution in [0.4, 0.5) is 17.1 Å². The molecular weight excluding hydrogens is 1200 g/mol. The number of amides is 2. The van der Waals surface area contributed by atoms with Crippen LogP contribution in [0, 0.1) is 20.8 Å². The molecule has 95 heavy (non-hydrogen) atoms. The lowest BCUT2D eigenvalue weighted by Gasteiger charge is -2.27. The van der Waals surface area contributed by atoms with E-state index >= 15 is 0 Å². The van der Waals surface area contributed by atoms with Crippen LogP contribution in [0.3, 0.4) is 0 Å². The number of nitrogen functional groups attached to an aromatic ring is 1. The Balaban J connectivity index is 0.000000129. The topological polar surface area (TPSA) is 229 Å². The minimum atomic E-state index is -1.07. The summed E-state index contributed by atoms with van der Waals surface area (Å²) in [4.78, 5) is 62.2. The summed E-state index contributed by atoms with van der Waals surface area (Å²) in [6.45, 7) is 11.0. The van der Waals surface area contributed by atoms with Crippen molar-refractivity contribution in [1.29, 1.82) is 0 Å². The second kappa shape index (κ2) is 27.8. The molecule has 0 aromatic heterocycles. The molecule has 3 aliphatic heterocycles. The van der Waals surface area contributed by atoms with Gasteiger partial charge in [-0.25, -0.2) is 14.4 Å². The molecular formula is C78H89N3O14. The van der Waals surface area contributed by atoms with Crippen LogP contribution in [-0.4, -0.2) is 87.2 Å². The normalized spacial score (nSPS) is 18.5. The Hall–Kier alpha value is -8.25. The lowest BCUT2D eigenvalue weighted by molar-refractivity contribution is -0.156. The van der Waals surface area contributed by atoms with Gasteiger partial charge in [-0.15, -0.1) is 0 Å². The Morgan fingerprint density at radius 3 is 1.11 bits per heavy atom. The van der Waals surface area contributed by atoms with Crippen molar-refractivity contribution < 1.29 is 67.0 Å². The van der Waals surface area contributed by atoms with Crippen LogP contribution in [0.1, 0.15) is 213 Å². The highest BCUT2D eigenvalue weighted by molar-refractivity contribution is 5.95. The van der Waals surface area contributed by atoms with E-state index in [4.69, 9.17) is 43.6 Å². The van der Waals surface area contributed by atoms with Crippen molar-refractivity contribution in [2.24, 2.45) is 0 Å². The highest BCUT2D eigenvalue weighted by Crippen LogP contribution is 2.55. The first-order valence-corrected chi connectivity index (χ1v) is 34.4. The Labute approximate surface area is 556 Å². The first-order chi connectivity index (χ1) is 45.9. The molecule has 15 rings (SSSR count). The number of carboxylic acids is 1. The zero-order valence-electron chi connectivity index (χ0n) is 55.8. The number of anilines is 3. The molecule has 5 N–H and O–H groups in total. The highest BCUT2D eigenvalue weighted by Gasteiger charge is 2.42. The molecule has 3 heterocycles. The number of fused-ring (bicyclic) bond motifs is 3. The van der Waals surface area contributed by atoms with Gasteiger partial charge >= 0.3 is 17.9 Å². The molecule has 0 saturated heterocycles. The van der Waals surface area contributed by atoms with E-state index in [1.165, 1.54) is 44.8 Å². The maximum absolute atomic E-state index is 13.0. The summed E-state index contributed by atoms with van der Waals surface area (Å²) in [7, 11) is 2.82. The quantitative estimate of drug-likeness (QED) is 0.0411. The number of aryl methyl sites for hydroxylation is 3. The Kier molecular flexibility index (Phi) is 19.2. The lowest BCUT2D eigenvalue weighted by Crippen LogP contribution is -2.22. The van der Waals surface area contributed by atoms with Crippen molar-refractivity contribution in [3.05, 3.63) is 140 Å². The van der Waals surface area contributed by atoms with Gasteiger partial charge in [0.05, 0.1) is 52.4 Å². The van der Waals surface area contributed by atoms with Gasteiger partial charge in [0.15, 0.2) is 18.3 Å². The van der Waals surface area contributed by atoms with Gasteiger partial charge in [0.25, 0.3) is 0 Å². The summed E-state index contributed by atoms with van der Waals surface area (Å²) in [6, 6.07) is 25.1. The average Bonchev–Trinajstić information content (AvgIpc) is 1.68. The summed E-state index contributed by atoms with van der Waals surface area (Å²) in [5.74, 6) is 1.97. The maximum atomic E-state index is 13.0. The number of nitrogens with one attached hydrogen (secondary N) is 2. The number of aliphatic carboxylic acids is 1. The molecule has 6 fully saturated rings. The largest absolute Gasteiger partial charge is 0.493 e. The molecule has 6 aromatic carbocycles. The van der Waals surface area contributed by atoms with Gasteiger partial charge in [0, 0.05) is 47.6 Å². The van der Waals surface area contributed by atoms with Crippen LogP contribution < -0.4 is 30.6 Å². The number of carbonyl (C=O) groups is 5. The summed E-state index contributed by atoms with van der Waals surface area (Å²) in [5.41, 5.74) is 26.7. The average molecular weight is 1290 g/mol. The summed E-state index contributed by atoms with van der Waals surface area (Å²) in [5, 5.41) is 16.1. The van der Waals surface area contributed by atoms with Crippen molar-refractivity contribution in [3.63, 3.8) is 0 Å². The molecule has 17 heteroatoms. The SMILES string of the molecule is CC(=O)Nc1cc(C2CC2)c(-c2ccc3c(c2)CCCO3)c(C(OC2CC2)C(=O)O)c1C.COC(=O)C(OC1CC1)c1c(C)c(N)cc(C2CC2)c1-c1ccc2c(c1)CCCO2.COC(=O)C(OC1CC1)c1c(C)c(NC(C)=O)cc(C2CC2)c1-c1ccc2c(c1)CCCO2. The number of carboxylic acid groups (broad SMARTS) is 1. The molecule has 3 atom stereocenters. The lowest BCUT2D eigenvalue weighted by atomic mass is 9.84. The summed E-state index contributed by atoms with van der Waals surface area (Å²) in [6.07, 6.45) is 15.6. The van der Waals surface area contributed by atoms with Gasteiger partial charge in [0.2, 0.25) is 11.8 Å². The third-order valence-corrected chi connectivity index (χ3v) is 19.7. The predicted molar refractivity (Wildman–Crippen MR) is 362 cm³/mol. The maximum Gasteiger partial charge on any atom is 0.339 e. The summed E-state index contributed by atoms with van der Waals surface area (Å²) >= 11 is 0. The van der Waals surface area contributed by atoms with Crippen molar-refractivity contribution >= 4 is 46.8 Å². The third-order valence-electron chi connectivity index (χ3n) is 19.7. The number of hydrogen-bond donors (Lipinski definition) is 4. The van der Waals surface area contributed by atoms with Crippen LogP contribution in [0.25, 0.3) is 33.4 Å². The first-order valence-electron chi connectivity index (χ1n) is 34.4. The van der Waals surface area contributed by atoms with Crippen LogP contribution in [0.2, 0.25) is 0 Å². The van der Waals surface area contributed by atoms with Gasteiger partial charge < -0.3 is 59.4 Å². The number of carbonyl (C=O) groups excluding carboxylic acids is 4. The number of hydrogen-bond acceptors (Lipinski definition) is 14. The first kappa shape index (κ1) is 65.4. The number of ether oxygens (including phenoxy) is 8. The highest BCUT2D eigenvalue weighted by atomic mass is 16.6. The van der Waals surface area contributed by atoms with Crippen LogP contribution in [-0.2, 0) is 66.9 Å². The van der Waals surface area contributed by atoms with Gasteiger partial charge in [-0.1, -0.05) is 18.2 Å². The van der Waals surface area contributed by atoms with Gasteiger partial charge in [-0.05, 0) is 292 Å². The molecule has 6 aromatic rings.